The van der Waals surface area contributed by atoms with Crippen LogP contribution < -0.4 is 0 Å². The lowest BCUT2D eigenvalue weighted by Crippen LogP contribution is -2.66. The molecule has 0 aromatic rings. The van der Waals surface area contributed by atoms with Gasteiger partial charge in [-0.3, -0.25) is 0 Å². The van der Waals surface area contributed by atoms with Gasteiger partial charge < -0.3 is 79.9 Å². The van der Waals surface area contributed by atoms with Crippen molar-refractivity contribution in [3.8, 4) is 0 Å². The molecule has 200 valence electrons. The molecule has 0 radical (unpaired) electrons. The van der Waals surface area contributed by atoms with Crippen LogP contribution in [0, 0.1) is 0 Å². The molecule has 2 unspecified atom stereocenters. The molecule has 0 bridgehead atoms. The monoisotopic (exact) mass is 504 g/mol. The van der Waals surface area contributed by atoms with E-state index in [2.05, 4.69) is 0 Å². The second-order valence-corrected chi connectivity index (χ2v) is 8.33. The van der Waals surface area contributed by atoms with Crippen molar-refractivity contribution >= 4 is 0 Å². The van der Waals surface area contributed by atoms with E-state index in [1.807, 2.05) is 0 Å². The van der Waals surface area contributed by atoms with Gasteiger partial charge in [0.25, 0.3) is 0 Å². The van der Waals surface area contributed by atoms with Gasteiger partial charge in [0.1, 0.15) is 73.2 Å². The molecule has 3 heterocycles. The second kappa shape index (κ2) is 11.6. The van der Waals surface area contributed by atoms with E-state index >= 15 is 0 Å². The van der Waals surface area contributed by atoms with Crippen molar-refractivity contribution in [2.75, 3.05) is 19.8 Å². The number of aliphatic hydroxyl groups excluding tert-OH is 11. The molecule has 3 rings (SSSR count). The number of rotatable bonds is 7. The number of ether oxygens (including phenoxy) is 5. The minimum Gasteiger partial charge on any atom is -0.394 e. The van der Waals surface area contributed by atoms with Gasteiger partial charge >= 0.3 is 0 Å². The summed E-state index contributed by atoms with van der Waals surface area (Å²) in [4.78, 5) is 0. The summed E-state index contributed by atoms with van der Waals surface area (Å²) in [6.45, 7) is -2.32. The first-order valence-electron chi connectivity index (χ1n) is 10.6. The normalized spacial score (nSPS) is 52.5. The summed E-state index contributed by atoms with van der Waals surface area (Å²) in [5.41, 5.74) is 0. The van der Waals surface area contributed by atoms with Gasteiger partial charge in [0.2, 0.25) is 0 Å². The van der Waals surface area contributed by atoms with Gasteiger partial charge in [0, 0.05) is 0 Å². The van der Waals surface area contributed by atoms with Crippen LogP contribution in [0.4, 0.5) is 0 Å². The zero-order valence-corrected chi connectivity index (χ0v) is 17.7. The van der Waals surface area contributed by atoms with Crippen LogP contribution in [0.5, 0.6) is 0 Å². The van der Waals surface area contributed by atoms with Crippen molar-refractivity contribution in [2.24, 2.45) is 0 Å². The summed E-state index contributed by atoms with van der Waals surface area (Å²) >= 11 is 0. The smallest absolute Gasteiger partial charge is 0.187 e. The van der Waals surface area contributed by atoms with Crippen LogP contribution in [0.2, 0.25) is 0 Å². The zero-order chi connectivity index (χ0) is 25.3. The van der Waals surface area contributed by atoms with Gasteiger partial charge in [-0.15, -0.1) is 0 Å². The van der Waals surface area contributed by atoms with E-state index < -0.39 is 112 Å². The molecule has 0 aromatic carbocycles. The van der Waals surface area contributed by atoms with Crippen molar-refractivity contribution in [1.29, 1.82) is 0 Å². The molecule has 0 saturated carbocycles. The van der Waals surface area contributed by atoms with E-state index in [9.17, 15) is 56.2 Å². The highest BCUT2D eigenvalue weighted by Crippen LogP contribution is 2.32. The molecule has 3 fully saturated rings. The summed E-state index contributed by atoms with van der Waals surface area (Å²) in [5, 5.41) is 109. The Bertz CT molecular complexity index is 635. The lowest BCUT2D eigenvalue weighted by molar-refractivity contribution is -0.377. The van der Waals surface area contributed by atoms with Gasteiger partial charge in [0.15, 0.2) is 18.9 Å². The third-order valence-corrected chi connectivity index (χ3v) is 6.09. The molecule has 3 saturated heterocycles. The highest BCUT2D eigenvalue weighted by Gasteiger charge is 2.53. The van der Waals surface area contributed by atoms with E-state index in [1.165, 1.54) is 0 Å². The first-order chi connectivity index (χ1) is 16.0. The minimum atomic E-state index is -1.91. The SMILES string of the molecule is OC[C@@H]1O[C@H](OC2[C@@H](O)[C@@H](O)[C@@H](O)O[C@@H]2CO)[C@H](O)[C@@H](O)[C@@H]1OC1O[C@H](CO)[C@@H](O)[C@H](O)[C@@H]1O. The fourth-order valence-corrected chi connectivity index (χ4v) is 4.06. The second-order valence-electron chi connectivity index (χ2n) is 8.33. The predicted molar refractivity (Wildman–Crippen MR) is 101 cm³/mol. The first-order valence-corrected chi connectivity index (χ1v) is 10.6. The summed E-state index contributed by atoms with van der Waals surface area (Å²) in [6.07, 6.45) is -25.1. The summed E-state index contributed by atoms with van der Waals surface area (Å²) in [6, 6.07) is 0. The Morgan fingerprint density at radius 3 is 1.35 bits per heavy atom. The molecule has 0 spiro atoms. The summed E-state index contributed by atoms with van der Waals surface area (Å²) in [5.74, 6) is 0. The van der Waals surface area contributed by atoms with Gasteiger partial charge in [-0.2, -0.15) is 0 Å². The molecule has 15 atom stereocenters. The molecule has 16 heteroatoms. The fraction of sp³-hybridized carbons (Fsp3) is 1.00. The van der Waals surface area contributed by atoms with Crippen molar-refractivity contribution in [1.82, 2.24) is 0 Å². The molecule has 3 aliphatic rings. The van der Waals surface area contributed by atoms with Gasteiger partial charge in [-0.1, -0.05) is 0 Å². The molecule has 0 aromatic heterocycles. The minimum absolute atomic E-state index is 0.741. The average Bonchev–Trinajstić information content (AvgIpc) is 2.83. The Morgan fingerprint density at radius 1 is 0.441 bits per heavy atom. The summed E-state index contributed by atoms with van der Waals surface area (Å²) < 4.78 is 26.4. The maximum atomic E-state index is 10.6. The predicted octanol–water partition coefficient (Wildman–Crippen LogP) is -7.57. The van der Waals surface area contributed by atoms with E-state index in [0.717, 1.165) is 0 Å². The molecular formula is C18H32O16. The number of hydrogen-bond acceptors (Lipinski definition) is 16. The van der Waals surface area contributed by atoms with Gasteiger partial charge in [-0.05, 0) is 0 Å². The van der Waals surface area contributed by atoms with Crippen molar-refractivity contribution < 1.29 is 79.9 Å². The molecule has 11 N–H and O–H groups in total. The van der Waals surface area contributed by atoms with Crippen LogP contribution in [0.25, 0.3) is 0 Å². The van der Waals surface area contributed by atoms with Gasteiger partial charge in [0.05, 0.1) is 19.8 Å². The lowest BCUT2D eigenvalue weighted by atomic mass is 9.96. The van der Waals surface area contributed by atoms with Crippen molar-refractivity contribution in [3.05, 3.63) is 0 Å². The Kier molecular flexibility index (Phi) is 9.54. The first kappa shape index (κ1) is 27.9. The standard InChI is InChI=1S/C18H32O16/c19-1-4-7(22)8(23)12(27)17(31-4)34-15-6(3-21)32-18(13(28)10(15)25)33-14-5(2-20)30-16(29)11(26)9(14)24/h4-29H,1-3H2/t4-,5-,6+,7-,8+,9+,10-,11-,12+,13-,14?,15-,16+,17?,18-/m1/s1. The summed E-state index contributed by atoms with van der Waals surface area (Å²) in [7, 11) is 0. The van der Waals surface area contributed by atoms with Crippen LogP contribution in [0.15, 0.2) is 0 Å². The van der Waals surface area contributed by atoms with Crippen LogP contribution in [-0.2, 0) is 23.7 Å². The number of hydrogen-bond donors (Lipinski definition) is 11. The molecule has 16 nitrogen and oxygen atoms in total. The quantitative estimate of drug-likeness (QED) is 0.154. The van der Waals surface area contributed by atoms with Gasteiger partial charge in [-0.25, -0.2) is 0 Å². The molecule has 34 heavy (non-hydrogen) atoms. The van der Waals surface area contributed by atoms with Crippen molar-refractivity contribution in [2.45, 2.75) is 92.1 Å². The number of aliphatic hydroxyl groups is 11. The van der Waals surface area contributed by atoms with Crippen LogP contribution in [0.3, 0.4) is 0 Å². The molecule has 0 amide bonds. The van der Waals surface area contributed by atoms with Crippen molar-refractivity contribution in [3.63, 3.8) is 0 Å². The molecule has 0 aliphatic carbocycles. The highest BCUT2D eigenvalue weighted by atomic mass is 16.8. The van der Waals surface area contributed by atoms with E-state index in [-0.39, 0.29) is 0 Å². The zero-order valence-electron chi connectivity index (χ0n) is 17.7. The Hall–Kier alpha value is -0.640. The molecule has 3 aliphatic heterocycles. The topological polar surface area (TPSA) is 269 Å². The largest absolute Gasteiger partial charge is 0.394 e. The maximum Gasteiger partial charge on any atom is 0.187 e. The van der Waals surface area contributed by atoms with Crippen LogP contribution in [0.1, 0.15) is 0 Å². The van der Waals surface area contributed by atoms with Crippen LogP contribution in [-0.4, -0.2) is 168 Å². The Morgan fingerprint density at radius 2 is 0.853 bits per heavy atom. The third kappa shape index (κ3) is 5.37. The fourth-order valence-electron chi connectivity index (χ4n) is 4.06. The highest BCUT2D eigenvalue weighted by molar-refractivity contribution is 4.96. The van der Waals surface area contributed by atoms with E-state index in [4.69, 9.17) is 23.7 Å². The Balaban J connectivity index is 1.72. The maximum absolute atomic E-state index is 10.6. The molecular weight excluding hydrogens is 472 g/mol. The average molecular weight is 504 g/mol. The lowest BCUT2D eigenvalue weighted by Gasteiger charge is -2.47. The third-order valence-electron chi connectivity index (χ3n) is 6.09. The van der Waals surface area contributed by atoms with Crippen LogP contribution >= 0.6 is 0 Å². The van der Waals surface area contributed by atoms with E-state index in [0.29, 0.717) is 0 Å². The van der Waals surface area contributed by atoms with E-state index in [1.54, 1.807) is 0 Å². The Labute approximate surface area is 192 Å².